The number of rotatable bonds is 3. The van der Waals surface area contributed by atoms with Crippen molar-refractivity contribution in [3.8, 4) is 0 Å². The number of halogens is 2. The highest BCUT2D eigenvalue weighted by atomic mass is 35.5. The van der Waals surface area contributed by atoms with Gasteiger partial charge in [-0.2, -0.15) is 0 Å². The van der Waals surface area contributed by atoms with E-state index in [0.717, 1.165) is 0 Å². The summed E-state index contributed by atoms with van der Waals surface area (Å²) in [7, 11) is 1.49. The van der Waals surface area contributed by atoms with E-state index in [2.05, 4.69) is 15.4 Å². The van der Waals surface area contributed by atoms with Crippen LogP contribution in [0.2, 0.25) is 10.0 Å². The molecule has 0 fully saturated rings. The maximum Gasteiger partial charge on any atom is 0.321 e. The first-order valence-corrected chi connectivity index (χ1v) is 4.88. The molecule has 1 aromatic rings. The van der Waals surface area contributed by atoms with Gasteiger partial charge in [0, 0.05) is 12.8 Å². The molecule has 2 N–H and O–H groups in total. The summed E-state index contributed by atoms with van der Waals surface area (Å²) in [5, 5.41) is 5.87. The SMILES string of the molecule is COCNC(=O)Nc1ccc(Cl)c(Cl)c1. The van der Waals surface area contributed by atoms with E-state index >= 15 is 0 Å². The average Bonchev–Trinajstić information content (AvgIpc) is 2.20. The van der Waals surface area contributed by atoms with Crippen molar-refractivity contribution < 1.29 is 9.53 Å². The number of nitrogens with one attached hydrogen (secondary N) is 2. The van der Waals surface area contributed by atoms with Crippen molar-refractivity contribution in [3.63, 3.8) is 0 Å². The summed E-state index contributed by atoms with van der Waals surface area (Å²) in [6, 6.07) is 4.46. The molecule has 0 bridgehead atoms. The van der Waals surface area contributed by atoms with Crippen LogP contribution in [0.5, 0.6) is 0 Å². The van der Waals surface area contributed by atoms with Crippen LogP contribution in [0.4, 0.5) is 10.5 Å². The Hall–Kier alpha value is -0.970. The van der Waals surface area contributed by atoms with Crippen molar-refractivity contribution in [2.75, 3.05) is 19.2 Å². The van der Waals surface area contributed by atoms with E-state index in [1.165, 1.54) is 7.11 Å². The Kier molecular flexibility index (Phi) is 4.68. The molecule has 2 amide bonds. The number of carbonyl (C=O) groups is 1. The molecule has 0 saturated carbocycles. The van der Waals surface area contributed by atoms with Gasteiger partial charge in [0.15, 0.2) is 0 Å². The molecule has 0 aliphatic rings. The van der Waals surface area contributed by atoms with Gasteiger partial charge in [-0.25, -0.2) is 4.79 Å². The fourth-order valence-electron chi connectivity index (χ4n) is 0.887. The average molecular weight is 249 g/mol. The quantitative estimate of drug-likeness (QED) is 0.809. The van der Waals surface area contributed by atoms with Crippen molar-refractivity contribution in [2.24, 2.45) is 0 Å². The number of urea groups is 1. The molecule has 0 heterocycles. The van der Waals surface area contributed by atoms with Gasteiger partial charge in [0.05, 0.1) is 10.0 Å². The van der Waals surface area contributed by atoms with Crippen LogP contribution in [0.3, 0.4) is 0 Å². The van der Waals surface area contributed by atoms with E-state index in [1.807, 2.05) is 0 Å². The zero-order valence-electron chi connectivity index (χ0n) is 8.01. The number of anilines is 1. The molecule has 0 atom stereocenters. The summed E-state index contributed by atoms with van der Waals surface area (Å²) in [6.07, 6.45) is 0. The topological polar surface area (TPSA) is 50.4 Å². The summed E-state index contributed by atoms with van der Waals surface area (Å²) in [5.74, 6) is 0. The van der Waals surface area contributed by atoms with Gasteiger partial charge in [-0.1, -0.05) is 23.2 Å². The van der Waals surface area contributed by atoms with E-state index in [4.69, 9.17) is 23.2 Å². The molecule has 0 aliphatic heterocycles. The molecule has 4 nitrogen and oxygen atoms in total. The van der Waals surface area contributed by atoms with Crippen LogP contribution in [0, 0.1) is 0 Å². The molecular formula is C9H10Cl2N2O2. The fourth-order valence-corrected chi connectivity index (χ4v) is 1.18. The summed E-state index contributed by atoms with van der Waals surface area (Å²) < 4.78 is 4.67. The van der Waals surface area contributed by atoms with E-state index in [-0.39, 0.29) is 12.8 Å². The molecular weight excluding hydrogens is 239 g/mol. The van der Waals surface area contributed by atoms with Crippen molar-refractivity contribution in [1.82, 2.24) is 5.32 Å². The summed E-state index contributed by atoms with van der Waals surface area (Å²) in [5.41, 5.74) is 0.568. The van der Waals surface area contributed by atoms with Crippen LogP contribution in [0.15, 0.2) is 18.2 Å². The lowest BCUT2D eigenvalue weighted by Crippen LogP contribution is -2.30. The van der Waals surface area contributed by atoms with Gasteiger partial charge in [0.1, 0.15) is 6.73 Å². The highest BCUT2D eigenvalue weighted by Crippen LogP contribution is 2.24. The van der Waals surface area contributed by atoms with Crippen molar-refractivity contribution in [3.05, 3.63) is 28.2 Å². The number of benzene rings is 1. The Bertz CT molecular complexity index is 358. The normalized spacial score (nSPS) is 9.80. The first kappa shape index (κ1) is 12.1. The van der Waals surface area contributed by atoms with Gasteiger partial charge >= 0.3 is 6.03 Å². The standard InChI is InChI=1S/C9H10Cl2N2O2/c1-15-5-12-9(14)13-6-2-3-7(10)8(11)4-6/h2-4H,5H2,1H3,(H2,12,13,14). The molecule has 0 aromatic heterocycles. The van der Waals surface area contributed by atoms with Crippen LogP contribution < -0.4 is 10.6 Å². The number of carbonyl (C=O) groups excluding carboxylic acids is 1. The van der Waals surface area contributed by atoms with Gasteiger partial charge in [-0.3, -0.25) is 0 Å². The summed E-state index contributed by atoms with van der Waals surface area (Å²) >= 11 is 11.5. The molecule has 82 valence electrons. The van der Waals surface area contributed by atoms with E-state index in [0.29, 0.717) is 15.7 Å². The molecule has 1 aromatic carbocycles. The lowest BCUT2D eigenvalue weighted by Gasteiger charge is -2.07. The first-order chi connectivity index (χ1) is 7.13. The predicted molar refractivity (Wildman–Crippen MR) is 60.5 cm³/mol. The maximum absolute atomic E-state index is 11.2. The highest BCUT2D eigenvalue weighted by molar-refractivity contribution is 6.42. The second-order valence-corrected chi connectivity index (χ2v) is 3.51. The summed E-state index contributed by atoms with van der Waals surface area (Å²) in [6.45, 7) is 0.146. The van der Waals surface area contributed by atoms with Crippen LogP contribution >= 0.6 is 23.2 Å². The predicted octanol–water partition coefficient (Wildman–Crippen LogP) is 2.72. The third kappa shape index (κ3) is 3.95. The second kappa shape index (κ2) is 5.80. The number of hydrogen-bond acceptors (Lipinski definition) is 2. The van der Waals surface area contributed by atoms with Crippen molar-refractivity contribution in [2.45, 2.75) is 0 Å². The number of methoxy groups -OCH3 is 1. The molecule has 6 heteroatoms. The Morgan fingerprint density at radius 3 is 2.73 bits per heavy atom. The van der Waals surface area contributed by atoms with E-state index in [1.54, 1.807) is 18.2 Å². The third-order valence-electron chi connectivity index (χ3n) is 1.55. The monoisotopic (exact) mass is 248 g/mol. The van der Waals surface area contributed by atoms with Crippen LogP contribution in [-0.4, -0.2) is 19.9 Å². The minimum atomic E-state index is -0.366. The zero-order valence-corrected chi connectivity index (χ0v) is 9.52. The number of hydrogen-bond donors (Lipinski definition) is 2. The second-order valence-electron chi connectivity index (χ2n) is 2.69. The van der Waals surface area contributed by atoms with Gasteiger partial charge in [0.2, 0.25) is 0 Å². The summed E-state index contributed by atoms with van der Waals surface area (Å²) in [4.78, 5) is 11.2. The molecule has 0 spiro atoms. The van der Waals surface area contributed by atoms with Crippen molar-refractivity contribution >= 4 is 34.9 Å². The lowest BCUT2D eigenvalue weighted by molar-refractivity contribution is 0.177. The lowest BCUT2D eigenvalue weighted by atomic mass is 10.3. The van der Waals surface area contributed by atoms with Crippen LogP contribution in [-0.2, 0) is 4.74 Å². The van der Waals surface area contributed by atoms with Crippen LogP contribution in [0.1, 0.15) is 0 Å². The largest absolute Gasteiger partial charge is 0.364 e. The van der Waals surface area contributed by atoms with Crippen LogP contribution in [0.25, 0.3) is 0 Å². The molecule has 0 radical (unpaired) electrons. The maximum atomic E-state index is 11.2. The first-order valence-electron chi connectivity index (χ1n) is 4.12. The number of amides is 2. The van der Waals surface area contributed by atoms with Gasteiger partial charge in [0.25, 0.3) is 0 Å². The molecule has 0 aliphatic carbocycles. The molecule has 15 heavy (non-hydrogen) atoms. The van der Waals surface area contributed by atoms with Gasteiger partial charge < -0.3 is 15.4 Å². The van der Waals surface area contributed by atoms with Crippen molar-refractivity contribution in [1.29, 1.82) is 0 Å². The molecule has 1 rings (SSSR count). The number of ether oxygens (including phenoxy) is 1. The Labute approximate surface area is 97.5 Å². The third-order valence-corrected chi connectivity index (χ3v) is 2.29. The molecule has 0 unspecified atom stereocenters. The van der Waals surface area contributed by atoms with Gasteiger partial charge in [-0.05, 0) is 18.2 Å². The Morgan fingerprint density at radius 2 is 2.13 bits per heavy atom. The molecule has 0 saturated heterocycles. The Balaban J connectivity index is 2.57. The fraction of sp³-hybridized carbons (Fsp3) is 0.222. The van der Waals surface area contributed by atoms with E-state index < -0.39 is 0 Å². The van der Waals surface area contributed by atoms with E-state index in [9.17, 15) is 4.79 Å². The zero-order chi connectivity index (χ0) is 11.3. The smallest absolute Gasteiger partial charge is 0.321 e. The van der Waals surface area contributed by atoms with Gasteiger partial charge in [-0.15, -0.1) is 0 Å². The minimum Gasteiger partial charge on any atom is -0.364 e. The minimum absolute atomic E-state index is 0.146. The Morgan fingerprint density at radius 1 is 1.40 bits per heavy atom. The highest BCUT2D eigenvalue weighted by Gasteiger charge is 2.02.